The lowest BCUT2D eigenvalue weighted by Crippen LogP contribution is -2.53. The summed E-state index contributed by atoms with van der Waals surface area (Å²) in [6, 6.07) is 2.44. The van der Waals surface area contributed by atoms with Crippen LogP contribution < -0.4 is 20.1 Å². The second-order valence-corrected chi connectivity index (χ2v) is 11.6. The maximum atomic E-state index is 14.8. The normalized spacial score (nSPS) is 30.6. The molecule has 0 aliphatic heterocycles. The van der Waals surface area contributed by atoms with E-state index in [-0.39, 0.29) is 64.3 Å². The molecule has 0 aromatic heterocycles. The summed E-state index contributed by atoms with van der Waals surface area (Å²) in [6.45, 7) is 8.11. The van der Waals surface area contributed by atoms with Gasteiger partial charge < -0.3 is 20.1 Å². The lowest BCUT2D eigenvalue weighted by Gasteiger charge is -2.33. The average Bonchev–Trinajstić information content (AvgIpc) is 3.37. The number of hydrogen-bond donors (Lipinski definition) is 2. The first-order valence-electron chi connectivity index (χ1n) is 12.7. The van der Waals surface area contributed by atoms with E-state index in [1.807, 2.05) is 20.8 Å². The minimum absolute atomic E-state index is 0.00776. The molecule has 7 heteroatoms. The van der Waals surface area contributed by atoms with Crippen molar-refractivity contribution in [3.8, 4) is 11.5 Å². The Labute approximate surface area is 202 Å². The SMILES string of the molecule is COc1cc(F)c(O[C@H]2CC[C@H](C)CC2)cc1C(=O)N[C@@H]1[C@H]2CC[C@H](C2)[C@@H]1C(=O)NC(C)(C)C. The van der Waals surface area contributed by atoms with Gasteiger partial charge >= 0.3 is 0 Å². The molecule has 4 rings (SSSR count). The molecule has 3 fully saturated rings. The zero-order valence-corrected chi connectivity index (χ0v) is 21.1. The molecule has 2 bridgehead atoms. The molecule has 34 heavy (non-hydrogen) atoms. The van der Waals surface area contributed by atoms with Crippen molar-refractivity contribution >= 4 is 11.8 Å². The van der Waals surface area contributed by atoms with Gasteiger partial charge in [-0.3, -0.25) is 9.59 Å². The van der Waals surface area contributed by atoms with Gasteiger partial charge in [-0.1, -0.05) is 6.92 Å². The summed E-state index contributed by atoms with van der Waals surface area (Å²) in [5.74, 6) is 0.307. The van der Waals surface area contributed by atoms with Gasteiger partial charge in [0.1, 0.15) is 5.75 Å². The van der Waals surface area contributed by atoms with Crippen molar-refractivity contribution in [2.45, 2.75) is 90.3 Å². The number of methoxy groups -OCH3 is 1. The Kier molecular flexibility index (Phi) is 7.11. The maximum Gasteiger partial charge on any atom is 0.255 e. The first kappa shape index (κ1) is 24.8. The molecule has 0 radical (unpaired) electrons. The van der Waals surface area contributed by atoms with E-state index in [4.69, 9.17) is 9.47 Å². The molecular weight excluding hydrogens is 435 g/mol. The van der Waals surface area contributed by atoms with Crippen LogP contribution in [0.1, 0.15) is 83.0 Å². The van der Waals surface area contributed by atoms with Crippen LogP contribution in [0.4, 0.5) is 4.39 Å². The van der Waals surface area contributed by atoms with E-state index in [0.29, 0.717) is 5.92 Å². The molecule has 0 unspecified atom stereocenters. The number of carbonyl (C=O) groups excluding carboxylic acids is 2. The minimum atomic E-state index is -0.533. The molecule has 0 saturated heterocycles. The summed E-state index contributed by atoms with van der Waals surface area (Å²) < 4.78 is 26.1. The van der Waals surface area contributed by atoms with Gasteiger partial charge in [0.25, 0.3) is 5.91 Å². The van der Waals surface area contributed by atoms with Gasteiger partial charge in [0.05, 0.1) is 24.7 Å². The summed E-state index contributed by atoms with van der Waals surface area (Å²) >= 11 is 0. The zero-order valence-electron chi connectivity index (χ0n) is 21.1. The first-order valence-corrected chi connectivity index (χ1v) is 12.7. The van der Waals surface area contributed by atoms with Crippen molar-refractivity contribution < 1.29 is 23.5 Å². The lowest BCUT2D eigenvalue weighted by atomic mass is 9.83. The number of rotatable bonds is 6. The molecule has 188 valence electrons. The highest BCUT2D eigenvalue weighted by molar-refractivity contribution is 5.98. The Hall–Kier alpha value is -2.31. The number of halogens is 1. The van der Waals surface area contributed by atoms with Gasteiger partial charge in [0, 0.05) is 17.6 Å². The van der Waals surface area contributed by atoms with E-state index in [1.54, 1.807) is 0 Å². The number of hydrogen-bond acceptors (Lipinski definition) is 4. The predicted molar refractivity (Wildman–Crippen MR) is 128 cm³/mol. The Morgan fingerprint density at radius 3 is 2.32 bits per heavy atom. The number of amides is 2. The van der Waals surface area contributed by atoms with Crippen LogP contribution >= 0.6 is 0 Å². The van der Waals surface area contributed by atoms with Gasteiger partial charge in [-0.2, -0.15) is 0 Å². The van der Waals surface area contributed by atoms with Crippen LogP contribution in [-0.4, -0.2) is 36.6 Å². The van der Waals surface area contributed by atoms with E-state index < -0.39 is 5.82 Å². The van der Waals surface area contributed by atoms with Crippen molar-refractivity contribution in [3.05, 3.63) is 23.5 Å². The van der Waals surface area contributed by atoms with Gasteiger partial charge in [-0.15, -0.1) is 0 Å². The minimum Gasteiger partial charge on any atom is -0.496 e. The first-order chi connectivity index (χ1) is 16.1. The molecular formula is C27H39FN2O4. The molecule has 6 nitrogen and oxygen atoms in total. The third kappa shape index (κ3) is 5.33. The number of nitrogens with one attached hydrogen (secondary N) is 2. The number of benzene rings is 1. The van der Waals surface area contributed by atoms with Crippen LogP contribution in [0.2, 0.25) is 0 Å². The highest BCUT2D eigenvalue weighted by atomic mass is 19.1. The van der Waals surface area contributed by atoms with Crippen LogP contribution in [0, 0.1) is 29.5 Å². The average molecular weight is 475 g/mol. The fourth-order valence-corrected chi connectivity index (χ4v) is 6.06. The molecule has 1 aromatic carbocycles. The second kappa shape index (κ2) is 9.74. The van der Waals surface area contributed by atoms with Gasteiger partial charge in [-0.05, 0) is 89.5 Å². The highest BCUT2D eigenvalue weighted by Crippen LogP contribution is 2.49. The summed E-state index contributed by atoms with van der Waals surface area (Å²) in [5.41, 5.74) is -0.0996. The number of ether oxygens (including phenoxy) is 2. The second-order valence-electron chi connectivity index (χ2n) is 11.6. The molecule has 3 saturated carbocycles. The van der Waals surface area contributed by atoms with Crippen LogP contribution in [-0.2, 0) is 4.79 Å². The largest absolute Gasteiger partial charge is 0.496 e. The van der Waals surface area contributed by atoms with Crippen molar-refractivity contribution in [1.82, 2.24) is 10.6 Å². The summed E-state index contributed by atoms with van der Waals surface area (Å²) in [7, 11) is 1.42. The third-order valence-electron chi connectivity index (χ3n) is 7.77. The topological polar surface area (TPSA) is 76.7 Å². The summed E-state index contributed by atoms with van der Waals surface area (Å²) in [6.07, 6.45) is 6.78. The zero-order chi connectivity index (χ0) is 24.6. The fourth-order valence-electron chi connectivity index (χ4n) is 6.06. The lowest BCUT2D eigenvalue weighted by molar-refractivity contribution is -0.128. The molecule has 0 heterocycles. The third-order valence-corrected chi connectivity index (χ3v) is 7.77. The van der Waals surface area contributed by atoms with Gasteiger partial charge in [0.2, 0.25) is 5.91 Å². The van der Waals surface area contributed by atoms with E-state index in [9.17, 15) is 14.0 Å². The Morgan fingerprint density at radius 1 is 1.00 bits per heavy atom. The van der Waals surface area contributed by atoms with Crippen molar-refractivity contribution in [1.29, 1.82) is 0 Å². The van der Waals surface area contributed by atoms with Gasteiger partial charge in [-0.25, -0.2) is 4.39 Å². The molecule has 3 aliphatic carbocycles. The smallest absolute Gasteiger partial charge is 0.255 e. The van der Waals surface area contributed by atoms with E-state index in [2.05, 4.69) is 17.6 Å². The molecule has 2 N–H and O–H groups in total. The Balaban J connectivity index is 1.52. The van der Waals surface area contributed by atoms with Gasteiger partial charge in [0.15, 0.2) is 11.6 Å². The summed E-state index contributed by atoms with van der Waals surface area (Å²) in [4.78, 5) is 26.5. The predicted octanol–water partition coefficient (Wildman–Crippen LogP) is 4.85. The van der Waals surface area contributed by atoms with E-state index >= 15 is 0 Å². The Morgan fingerprint density at radius 2 is 1.68 bits per heavy atom. The molecule has 4 atom stereocenters. The van der Waals surface area contributed by atoms with Crippen LogP contribution in [0.25, 0.3) is 0 Å². The Bertz CT molecular complexity index is 920. The molecule has 3 aliphatic rings. The monoisotopic (exact) mass is 474 g/mol. The summed E-state index contributed by atoms with van der Waals surface area (Å²) in [5, 5.41) is 6.21. The van der Waals surface area contributed by atoms with E-state index in [0.717, 1.165) is 44.9 Å². The maximum absolute atomic E-state index is 14.8. The van der Waals surface area contributed by atoms with Crippen molar-refractivity contribution in [2.24, 2.45) is 23.7 Å². The molecule has 0 spiro atoms. The molecule has 1 aromatic rings. The van der Waals surface area contributed by atoms with Crippen molar-refractivity contribution in [3.63, 3.8) is 0 Å². The van der Waals surface area contributed by atoms with Crippen LogP contribution in [0.3, 0.4) is 0 Å². The number of carbonyl (C=O) groups is 2. The highest BCUT2D eigenvalue weighted by Gasteiger charge is 2.51. The number of fused-ring (bicyclic) bond motifs is 2. The van der Waals surface area contributed by atoms with Crippen molar-refractivity contribution in [2.75, 3.05) is 7.11 Å². The fraction of sp³-hybridized carbons (Fsp3) is 0.704. The molecule has 2 amide bonds. The van der Waals surface area contributed by atoms with Crippen LogP contribution in [0.5, 0.6) is 11.5 Å². The standard InChI is InChI=1S/C27H39FN2O4/c1-15-6-10-18(11-7-15)34-22-13-19(21(33-5)14-20(22)28)25(31)29-24-17-9-8-16(12-17)23(24)26(32)30-27(2,3)4/h13-18,23-24H,6-12H2,1-5H3,(H,29,31)(H,30,32)/t15-,16-,17+,18-,23+,24-/m1/s1. The quantitative estimate of drug-likeness (QED) is 0.618. The van der Waals surface area contributed by atoms with E-state index in [1.165, 1.54) is 19.2 Å². The van der Waals surface area contributed by atoms with Crippen LogP contribution in [0.15, 0.2) is 12.1 Å².